The van der Waals surface area contributed by atoms with Crippen LogP contribution >= 0.6 is 0 Å². The molecule has 0 unspecified atom stereocenters. The Morgan fingerprint density at radius 1 is 0.724 bits per heavy atom. The van der Waals surface area contributed by atoms with Crippen molar-refractivity contribution in [1.82, 2.24) is 0 Å². The Bertz CT molecular complexity index is 1020. The van der Waals surface area contributed by atoms with E-state index in [1.807, 2.05) is 25.1 Å². The van der Waals surface area contributed by atoms with Gasteiger partial charge >= 0.3 is 0 Å². The molecule has 3 aromatic carbocycles. The molecule has 0 atom stereocenters. The highest BCUT2D eigenvalue weighted by molar-refractivity contribution is 6.09. The van der Waals surface area contributed by atoms with E-state index in [9.17, 15) is 9.59 Å². The Morgan fingerprint density at radius 3 is 1.86 bits per heavy atom. The summed E-state index contributed by atoms with van der Waals surface area (Å²) in [6.07, 6.45) is 0. The SMILES string of the molecule is COc1cccc(OC)c1C(=O)Nc1cccc(NC(=O)c2ccccc2C)c1. The van der Waals surface area contributed by atoms with E-state index in [0.29, 0.717) is 34.0 Å². The zero-order valence-corrected chi connectivity index (χ0v) is 16.5. The Balaban J connectivity index is 1.80. The van der Waals surface area contributed by atoms with Gasteiger partial charge in [0.2, 0.25) is 0 Å². The third kappa shape index (κ3) is 4.55. The number of rotatable bonds is 6. The smallest absolute Gasteiger partial charge is 0.263 e. The lowest BCUT2D eigenvalue weighted by Gasteiger charge is -2.14. The van der Waals surface area contributed by atoms with E-state index in [1.54, 1.807) is 48.5 Å². The van der Waals surface area contributed by atoms with Crippen LogP contribution in [0.4, 0.5) is 11.4 Å². The van der Waals surface area contributed by atoms with Gasteiger partial charge in [0.15, 0.2) is 0 Å². The fraction of sp³-hybridized carbons (Fsp3) is 0.130. The molecule has 0 aliphatic heterocycles. The molecular formula is C23H22N2O4. The molecule has 0 spiro atoms. The zero-order valence-electron chi connectivity index (χ0n) is 16.5. The normalized spacial score (nSPS) is 10.2. The summed E-state index contributed by atoms with van der Waals surface area (Å²) in [5, 5.41) is 5.68. The predicted molar refractivity (Wildman–Crippen MR) is 113 cm³/mol. The topological polar surface area (TPSA) is 76.7 Å². The van der Waals surface area contributed by atoms with Gasteiger partial charge in [-0.25, -0.2) is 0 Å². The van der Waals surface area contributed by atoms with Crippen LogP contribution in [0.2, 0.25) is 0 Å². The summed E-state index contributed by atoms with van der Waals surface area (Å²) in [6.45, 7) is 1.88. The van der Waals surface area contributed by atoms with E-state index >= 15 is 0 Å². The van der Waals surface area contributed by atoms with Crippen molar-refractivity contribution < 1.29 is 19.1 Å². The van der Waals surface area contributed by atoms with Crippen LogP contribution in [-0.4, -0.2) is 26.0 Å². The van der Waals surface area contributed by atoms with Gasteiger partial charge in [0.05, 0.1) is 14.2 Å². The minimum atomic E-state index is -0.373. The van der Waals surface area contributed by atoms with E-state index in [1.165, 1.54) is 14.2 Å². The Hall–Kier alpha value is -3.80. The number of nitrogens with one attached hydrogen (secondary N) is 2. The Kier molecular flexibility index (Phi) is 6.14. The lowest BCUT2D eigenvalue weighted by Crippen LogP contribution is -2.16. The van der Waals surface area contributed by atoms with Gasteiger partial charge in [0, 0.05) is 16.9 Å². The highest BCUT2D eigenvalue weighted by atomic mass is 16.5. The second-order valence-electron chi connectivity index (χ2n) is 6.34. The number of ether oxygens (including phenoxy) is 2. The minimum Gasteiger partial charge on any atom is -0.496 e. The number of amides is 2. The standard InChI is InChI=1S/C23H22N2O4/c1-15-8-4-5-11-18(15)22(26)24-16-9-6-10-17(14-16)25-23(27)21-19(28-2)12-7-13-20(21)29-3/h4-14H,1-3H3,(H,24,26)(H,25,27). The lowest BCUT2D eigenvalue weighted by molar-refractivity contribution is 0.101. The van der Waals surface area contributed by atoms with Crippen molar-refractivity contribution in [3.63, 3.8) is 0 Å². The summed E-state index contributed by atoms with van der Waals surface area (Å²) in [4.78, 5) is 25.3. The number of carbonyl (C=O) groups excluding carboxylic acids is 2. The fourth-order valence-electron chi connectivity index (χ4n) is 2.97. The largest absolute Gasteiger partial charge is 0.496 e. The van der Waals surface area contributed by atoms with Gasteiger partial charge in [-0.2, -0.15) is 0 Å². The van der Waals surface area contributed by atoms with Crippen LogP contribution < -0.4 is 20.1 Å². The number of hydrogen-bond acceptors (Lipinski definition) is 4. The molecule has 0 fully saturated rings. The highest BCUT2D eigenvalue weighted by Crippen LogP contribution is 2.29. The van der Waals surface area contributed by atoms with Gasteiger partial charge < -0.3 is 20.1 Å². The van der Waals surface area contributed by atoms with Gasteiger partial charge in [-0.15, -0.1) is 0 Å². The number of carbonyl (C=O) groups is 2. The molecule has 3 rings (SSSR count). The molecule has 0 aliphatic rings. The van der Waals surface area contributed by atoms with Crippen LogP contribution in [0.1, 0.15) is 26.3 Å². The highest BCUT2D eigenvalue weighted by Gasteiger charge is 2.18. The number of anilines is 2. The first-order valence-electron chi connectivity index (χ1n) is 9.03. The van der Waals surface area contributed by atoms with Crippen LogP contribution in [0.3, 0.4) is 0 Å². The van der Waals surface area contributed by atoms with Gasteiger partial charge in [0.1, 0.15) is 17.1 Å². The molecule has 0 heterocycles. The molecule has 0 aromatic heterocycles. The maximum absolute atomic E-state index is 12.8. The van der Waals surface area contributed by atoms with Crippen molar-refractivity contribution >= 4 is 23.2 Å². The molecule has 3 aromatic rings. The molecule has 0 bridgehead atoms. The molecule has 6 heteroatoms. The first-order valence-corrected chi connectivity index (χ1v) is 9.03. The monoisotopic (exact) mass is 390 g/mol. The summed E-state index contributed by atoms with van der Waals surface area (Å²) >= 11 is 0. The quantitative estimate of drug-likeness (QED) is 0.649. The molecule has 0 saturated carbocycles. The number of benzene rings is 3. The first-order chi connectivity index (χ1) is 14.0. The fourth-order valence-corrected chi connectivity index (χ4v) is 2.97. The van der Waals surface area contributed by atoms with E-state index < -0.39 is 0 Å². The second kappa shape index (κ2) is 8.93. The van der Waals surface area contributed by atoms with Crippen molar-refractivity contribution in [2.75, 3.05) is 24.9 Å². The van der Waals surface area contributed by atoms with E-state index in [2.05, 4.69) is 10.6 Å². The maximum Gasteiger partial charge on any atom is 0.263 e. The summed E-state index contributed by atoms with van der Waals surface area (Å²) < 4.78 is 10.6. The minimum absolute atomic E-state index is 0.210. The van der Waals surface area contributed by atoms with Crippen molar-refractivity contribution in [1.29, 1.82) is 0 Å². The third-order valence-corrected chi connectivity index (χ3v) is 4.42. The van der Waals surface area contributed by atoms with Crippen LogP contribution in [0.15, 0.2) is 66.7 Å². The molecule has 148 valence electrons. The van der Waals surface area contributed by atoms with Gasteiger partial charge in [0.25, 0.3) is 11.8 Å². The van der Waals surface area contributed by atoms with Crippen LogP contribution in [0.5, 0.6) is 11.5 Å². The zero-order chi connectivity index (χ0) is 20.8. The Labute approximate surface area is 169 Å². The first kappa shape index (κ1) is 19.9. The van der Waals surface area contributed by atoms with Crippen molar-refractivity contribution in [2.45, 2.75) is 6.92 Å². The van der Waals surface area contributed by atoms with Gasteiger partial charge in [-0.05, 0) is 48.9 Å². The summed E-state index contributed by atoms with van der Waals surface area (Å²) in [7, 11) is 2.99. The van der Waals surface area contributed by atoms with Crippen molar-refractivity contribution in [2.24, 2.45) is 0 Å². The molecule has 29 heavy (non-hydrogen) atoms. The van der Waals surface area contributed by atoms with Crippen molar-refractivity contribution in [3.8, 4) is 11.5 Å². The average molecular weight is 390 g/mol. The molecule has 0 aliphatic carbocycles. The molecule has 2 amide bonds. The Morgan fingerprint density at radius 2 is 1.28 bits per heavy atom. The van der Waals surface area contributed by atoms with Gasteiger partial charge in [-0.1, -0.05) is 30.3 Å². The van der Waals surface area contributed by atoms with Gasteiger partial charge in [-0.3, -0.25) is 9.59 Å². The molecular weight excluding hydrogens is 368 g/mol. The summed E-state index contributed by atoms with van der Waals surface area (Å²) in [6, 6.07) is 19.4. The van der Waals surface area contributed by atoms with E-state index in [4.69, 9.17) is 9.47 Å². The maximum atomic E-state index is 12.8. The van der Waals surface area contributed by atoms with Crippen molar-refractivity contribution in [3.05, 3.63) is 83.4 Å². The van der Waals surface area contributed by atoms with E-state index in [-0.39, 0.29) is 11.8 Å². The number of methoxy groups -OCH3 is 2. The van der Waals surface area contributed by atoms with E-state index in [0.717, 1.165) is 5.56 Å². The molecule has 0 saturated heterocycles. The van der Waals surface area contributed by atoms with Crippen LogP contribution in [0.25, 0.3) is 0 Å². The summed E-state index contributed by atoms with van der Waals surface area (Å²) in [5.41, 5.74) is 2.89. The average Bonchev–Trinajstić information content (AvgIpc) is 2.73. The summed E-state index contributed by atoms with van der Waals surface area (Å²) in [5.74, 6) is 0.233. The molecule has 2 N–H and O–H groups in total. The lowest BCUT2D eigenvalue weighted by atomic mass is 10.1. The third-order valence-electron chi connectivity index (χ3n) is 4.42. The predicted octanol–water partition coefficient (Wildman–Crippen LogP) is 4.52. The second-order valence-corrected chi connectivity index (χ2v) is 6.34. The van der Waals surface area contributed by atoms with Crippen LogP contribution in [0, 0.1) is 6.92 Å². The number of hydrogen-bond donors (Lipinski definition) is 2. The number of aryl methyl sites for hydroxylation is 1. The van der Waals surface area contributed by atoms with Crippen LogP contribution in [-0.2, 0) is 0 Å². The molecule has 6 nitrogen and oxygen atoms in total. The molecule has 0 radical (unpaired) electrons.